The van der Waals surface area contributed by atoms with Crippen LogP contribution in [0.5, 0.6) is 5.75 Å². The number of ether oxygens (including phenoxy) is 1. The lowest BCUT2D eigenvalue weighted by molar-refractivity contribution is 0.256. The molecular formula is C14H16F5NO. The summed E-state index contributed by atoms with van der Waals surface area (Å²) in [6.07, 6.45) is 4.96. The summed E-state index contributed by atoms with van der Waals surface area (Å²) in [5.41, 5.74) is 0. The first kappa shape index (κ1) is 16.0. The third kappa shape index (κ3) is 3.64. The Morgan fingerprint density at radius 3 is 1.95 bits per heavy atom. The highest BCUT2D eigenvalue weighted by Crippen LogP contribution is 2.29. The van der Waals surface area contributed by atoms with Crippen LogP contribution in [0, 0.1) is 29.1 Å². The predicted octanol–water partition coefficient (Wildman–Crippen LogP) is 3.68. The van der Waals surface area contributed by atoms with Crippen molar-refractivity contribution in [2.75, 3.05) is 13.2 Å². The fraction of sp³-hybridized carbons (Fsp3) is 0.571. The van der Waals surface area contributed by atoms with Gasteiger partial charge in [0.25, 0.3) is 0 Å². The van der Waals surface area contributed by atoms with Gasteiger partial charge in [-0.05, 0) is 25.8 Å². The smallest absolute Gasteiger partial charge is 0.206 e. The molecule has 118 valence electrons. The minimum atomic E-state index is -2.18. The molecule has 0 bridgehead atoms. The predicted molar refractivity (Wildman–Crippen MR) is 66.6 cm³/mol. The topological polar surface area (TPSA) is 21.3 Å². The molecule has 1 aromatic rings. The minimum absolute atomic E-state index is 0.127. The zero-order valence-electron chi connectivity index (χ0n) is 11.3. The van der Waals surface area contributed by atoms with Crippen molar-refractivity contribution in [2.24, 2.45) is 0 Å². The summed E-state index contributed by atoms with van der Waals surface area (Å²) >= 11 is 0. The van der Waals surface area contributed by atoms with Gasteiger partial charge in [-0.3, -0.25) is 0 Å². The molecule has 1 aliphatic rings. The quantitative estimate of drug-likeness (QED) is 0.374. The molecule has 0 atom stereocenters. The Bertz CT molecular complexity index is 474. The Balaban J connectivity index is 1.85. The molecule has 0 aromatic heterocycles. The molecule has 2 rings (SSSR count). The van der Waals surface area contributed by atoms with Crippen LogP contribution in [0.2, 0.25) is 0 Å². The molecule has 1 aliphatic carbocycles. The third-order valence-electron chi connectivity index (χ3n) is 3.53. The van der Waals surface area contributed by atoms with Crippen molar-refractivity contribution in [1.29, 1.82) is 0 Å². The van der Waals surface area contributed by atoms with Crippen LogP contribution in [0.1, 0.15) is 32.1 Å². The Labute approximate surface area is 119 Å². The van der Waals surface area contributed by atoms with Gasteiger partial charge >= 0.3 is 0 Å². The van der Waals surface area contributed by atoms with E-state index in [4.69, 9.17) is 4.74 Å². The van der Waals surface area contributed by atoms with E-state index in [1.54, 1.807) is 0 Å². The molecule has 1 N–H and O–H groups in total. The Morgan fingerprint density at radius 2 is 1.38 bits per heavy atom. The maximum Gasteiger partial charge on any atom is 0.206 e. The summed E-state index contributed by atoms with van der Waals surface area (Å²) in [5.74, 6) is -11.3. The molecule has 2 nitrogen and oxygen atoms in total. The van der Waals surface area contributed by atoms with Crippen molar-refractivity contribution in [3.63, 3.8) is 0 Å². The Hall–Kier alpha value is -1.37. The number of hydrogen-bond acceptors (Lipinski definition) is 2. The van der Waals surface area contributed by atoms with E-state index < -0.39 is 34.8 Å². The fourth-order valence-corrected chi connectivity index (χ4v) is 2.39. The molecule has 1 fully saturated rings. The highest BCUT2D eigenvalue weighted by molar-refractivity contribution is 5.29. The number of rotatable bonds is 6. The van der Waals surface area contributed by atoms with Crippen LogP contribution in [0.3, 0.4) is 0 Å². The maximum atomic E-state index is 13.3. The molecule has 0 amide bonds. The van der Waals surface area contributed by atoms with E-state index in [1.165, 1.54) is 12.8 Å². The molecule has 0 spiro atoms. The van der Waals surface area contributed by atoms with Crippen LogP contribution in [0.15, 0.2) is 0 Å². The van der Waals surface area contributed by atoms with Crippen LogP contribution in [0.4, 0.5) is 22.0 Å². The van der Waals surface area contributed by atoms with Crippen LogP contribution in [0.25, 0.3) is 0 Å². The van der Waals surface area contributed by atoms with Crippen molar-refractivity contribution in [1.82, 2.24) is 5.32 Å². The summed E-state index contributed by atoms with van der Waals surface area (Å²) < 4.78 is 70.0. The second kappa shape index (κ2) is 7.06. The highest BCUT2D eigenvalue weighted by Gasteiger charge is 2.26. The average Bonchev–Trinajstić information content (AvgIpc) is 2.99. The van der Waals surface area contributed by atoms with Crippen LogP contribution < -0.4 is 10.1 Å². The number of benzene rings is 1. The monoisotopic (exact) mass is 309 g/mol. The van der Waals surface area contributed by atoms with Gasteiger partial charge in [0.15, 0.2) is 5.75 Å². The van der Waals surface area contributed by atoms with E-state index in [0.717, 1.165) is 12.8 Å². The first-order valence-corrected chi connectivity index (χ1v) is 6.90. The second-order valence-corrected chi connectivity index (χ2v) is 5.04. The van der Waals surface area contributed by atoms with Crippen molar-refractivity contribution in [3.8, 4) is 5.75 Å². The average molecular weight is 309 g/mol. The van der Waals surface area contributed by atoms with Crippen molar-refractivity contribution < 1.29 is 26.7 Å². The molecule has 0 radical (unpaired) electrons. The van der Waals surface area contributed by atoms with Crippen LogP contribution >= 0.6 is 0 Å². The van der Waals surface area contributed by atoms with Crippen molar-refractivity contribution >= 4 is 0 Å². The molecular weight excluding hydrogens is 293 g/mol. The zero-order valence-corrected chi connectivity index (χ0v) is 11.3. The first-order valence-electron chi connectivity index (χ1n) is 6.90. The summed E-state index contributed by atoms with van der Waals surface area (Å²) in [6, 6.07) is 0.444. The summed E-state index contributed by atoms with van der Waals surface area (Å²) in [6.45, 7) is 0.443. The molecule has 1 aromatic carbocycles. The van der Waals surface area contributed by atoms with Gasteiger partial charge in [-0.1, -0.05) is 12.8 Å². The molecule has 0 saturated heterocycles. The summed E-state index contributed by atoms with van der Waals surface area (Å²) in [4.78, 5) is 0. The molecule has 21 heavy (non-hydrogen) atoms. The lowest BCUT2D eigenvalue weighted by Gasteiger charge is -2.13. The number of halogens is 5. The first-order chi connectivity index (χ1) is 10.0. The molecule has 0 aliphatic heterocycles. The third-order valence-corrected chi connectivity index (χ3v) is 3.53. The normalized spacial score (nSPS) is 15.7. The second-order valence-electron chi connectivity index (χ2n) is 5.04. The lowest BCUT2D eigenvalue weighted by atomic mass is 10.2. The van der Waals surface area contributed by atoms with Crippen molar-refractivity contribution in [2.45, 2.75) is 38.1 Å². The summed E-state index contributed by atoms with van der Waals surface area (Å²) in [7, 11) is 0. The van der Waals surface area contributed by atoms with Crippen LogP contribution in [-0.2, 0) is 0 Å². The highest BCUT2D eigenvalue weighted by atomic mass is 19.2. The minimum Gasteiger partial charge on any atom is -0.487 e. The SMILES string of the molecule is Fc1c(F)c(F)c(OCCCNC2CCCC2)c(F)c1F. The zero-order chi connectivity index (χ0) is 15.4. The van der Waals surface area contributed by atoms with Gasteiger partial charge in [0, 0.05) is 6.04 Å². The molecule has 7 heteroatoms. The van der Waals surface area contributed by atoms with Crippen molar-refractivity contribution in [3.05, 3.63) is 29.1 Å². The molecule has 1 saturated carbocycles. The van der Waals surface area contributed by atoms with Gasteiger partial charge in [0.05, 0.1) is 6.61 Å². The van der Waals surface area contributed by atoms with Gasteiger partial charge in [-0.25, -0.2) is 13.2 Å². The van der Waals surface area contributed by atoms with Gasteiger partial charge in [-0.2, -0.15) is 8.78 Å². The van der Waals surface area contributed by atoms with Crippen LogP contribution in [-0.4, -0.2) is 19.2 Å². The Kier molecular flexibility index (Phi) is 5.39. The van der Waals surface area contributed by atoms with Gasteiger partial charge in [-0.15, -0.1) is 0 Å². The largest absolute Gasteiger partial charge is 0.487 e. The van der Waals surface area contributed by atoms with Gasteiger partial charge in [0.1, 0.15) is 0 Å². The van der Waals surface area contributed by atoms with E-state index in [-0.39, 0.29) is 6.61 Å². The van der Waals surface area contributed by atoms with E-state index in [0.29, 0.717) is 19.0 Å². The Morgan fingerprint density at radius 1 is 0.857 bits per heavy atom. The van der Waals surface area contributed by atoms with E-state index in [9.17, 15) is 22.0 Å². The van der Waals surface area contributed by atoms with E-state index in [1.807, 2.05) is 0 Å². The summed E-state index contributed by atoms with van der Waals surface area (Å²) in [5, 5.41) is 3.25. The standard InChI is InChI=1S/C14H16F5NO/c15-9-10(16)12(18)14(13(19)11(9)17)21-7-3-6-20-8-4-1-2-5-8/h8,20H,1-7H2. The van der Waals surface area contributed by atoms with E-state index >= 15 is 0 Å². The number of hydrogen-bond donors (Lipinski definition) is 1. The van der Waals surface area contributed by atoms with E-state index in [2.05, 4.69) is 5.32 Å². The van der Waals surface area contributed by atoms with Gasteiger partial charge < -0.3 is 10.1 Å². The molecule has 0 heterocycles. The number of nitrogens with one attached hydrogen (secondary N) is 1. The van der Waals surface area contributed by atoms with Gasteiger partial charge in [0.2, 0.25) is 29.1 Å². The fourth-order valence-electron chi connectivity index (χ4n) is 2.39. The lowest BCUT2D eigenvalue weighted by Crippen LogP contribution is -2.27. The molecule has 0 unspecified atom stereocenters. The maximum absolute atomic E-state index is 13.3.